The van der Waals surface area contributed by atoms with Crippen LogP contribution in [0.15, 0.2) is 54.2 Å². The summed E-state index contributed by atoms with van der Waals surface area (Å²) in [5.74, 6) is 1.53. The molecule has 0 unspecified atom stereocenters. The molecule has 1 aliphatic heterocycles. The number of nitrogens with zero attached hydrogens (tertiary/aromatic N) is 6. The van der Waals surface area contributed by atoms with Crippen LogP contribution in [0.2, 0.25) is 0 Å². The summed E-state index contributed by atoms with van der Waals surface area (Å²) in [5.41, 5.74) is 2.48. The van der Waals surface area contributed by atoms with Crippen LogP contribution in [0.3, 0.4) is 0 Å². The van der Waals surface area contributed by atoms with E-state index in [-0.39, 0.29) is 0 Å². The third kappa shape index (κ3) is 3.59. The predicted molar refractivity (Wildman–Crippen MR) is 113 cm³/mol. The fourth-order valence-corrected chi connectivity index (χ4v) is 5.70. The second kappa shape index (κ2) is 7.81. The summed E-state index contributed by atoms with van der Waals surface area (Å²) in [7, 11) is -3.48. The van der Waals surface area contributed by atoms with E-state index in [2.05, 4.69) is 19.9 Å². The number of imidazole rings is 1. The zero-order valence-electron chi connectivity index (χ0n) is 16.7. The number of benzene rings is 1. The van der Waals surface area contributed by atoms with E-state index in [1.807, 2.05) is 29.0 Å². The molecule has 1 saturated heterocycles. The van der Waals surface area contributed by atoms with Crippen molar-refractivity contribution in [2.45, 2.75) is 30.6 Å². The number of aryl methyl sites for hydroxylation is 2. The van der Waals surface area contributed by atoms with Gasteiger partial charge in [0.25, 0.3) is 0 Å². The van der Waals surface area contributed by atoms with Gasteiger partial charge in [-0.25, -0.2) is 23.4 Å². The highest BCUT2D eigenvalue weighted by molar-refractivity contribution is 7.89. The molecule has 0 N–H and O–H groups in total. The summed E-state index contributed by atoms with van der Waals surface area (Å²) >= 11 is 0. The molecule has 3 heterocycles. The van der Waals surface area contributed by atoms with Gasteiger partial charge >= 0.3 is 0 Å². The molecule has 30 heavy (non-hydrogen) atoms. The lowest BCUT2D eigenvalue weighted by Crippen LogP contribution is -2.49. The lowest BCUT2D eigenvalue weighted by atomic mass is 9.92. The quantitative estimate of drug-likeness (QED) is 0.637. The van der Waals surface area contributed by atoms with Crippen LogP contribution >= 0.6 is 0 Å². The highest BCUT2D eigenvalue weighted by atomic mass is 32.2. The number of fused-ring (bicyclic) bond motifs is 1. The Morgan fingerprint density at radius 3 is 2.40 bits per heavy atom. The number of hydrogen-bond donors (Lipinski definition) is 0. The molecular weight excluding hydrogens is 400 g/mol. The van der Waals surface area contributed by atoms with E-state index in [0.717, 1.165) is 30.9 Å². The van der Waals surface area contributed by atoms with Crippen molar-refractivity contribution in [1.29, 1.82) is 0 Å². The molecule has 156 valence electrons. The summed E-state index contributed by atoms with van der Waals surface area (Å²) in [6.45, 7) is 2.04. The molecule has 0 radical (unpaired) electrons. The van der Waals surface area contributed by atoms with Crippen molar-refractivity contribution >= 4 is 15.8 Å². The van der Waals surface area contributed by atoms with Crippen LogP contribution in [0.25, 0.3) is 5.82 Å². The summed E-state index contributed by atoms with van der Waals surface area (Å²) in [6, 6.07) is 7.55. The smallest absolute Gasteiger partial charge is 0.243 e. The average Bonchev–Trinajstić information content (AvgIpc) is 3.34. The Bertz CT molecular complexity index is 1140. The molecule has 1 aliphatic carbocycles. The zero-order chi connectivity index (χ0) is 20.6. The Labute approximate surface area is 176 Å². The molecule has 2 aromatic heterocycles. The lowest BCUT2D eigenvalue weighted by Gasteiger charge is -2.34. The van der Waals surface area contributed by atoms with Crippen molar-refractivity contribution in [1.82, 2.24) is 23.8 Å². The minimum atomic E-state index is -3.48. The minimum absolute atomic E-state index is 0.418. The van der Waals surface area contributed by atoms with E-state index >= 15 is 0 Å². The molecule has 8 nitrogen and oxygen atoms in total. The normalized spacial score (nSPS) is 17.7. The molecule has 0 spiro atoms. The molecule has 9 heteroatoms. The summed E-state index contributed by atoms with van der Waals surface area (Å²) in [4.78, 5) is 15.2. The third-order valence-electron chi connectivity index (χ3n) is 5.93. The fourth-order valence-electron chi connectivity index (χ4n) is 4.22. The Hall–Kier alpha value is -2.78. The van der Waals surface area contributed by atoms with Crippen LogP contribution in [-0.4, -0.2) is 58.4 Å². The Kier molecular flexibility index (Phi) is 5.00. The summed E-state index contributed by atoms with van der Waals surface area (Å²) in [5, 5.41) is 0. The Morgan fingerprint density at radius 2 is 1.63 bits per heavy atom. The van der Waals surface area contributed by atoms with Crippen molar-refractivity contribution in [3.63, 3.8) is 0 Å². The van der Waals surface area contributed by atoms with Crippen molar-refractivity contribution in [2.24, 2.45) is 0 Å². The van der Waals surface area contributed by atoms with Crippen LogP contribution in [0, 0.1) is 0 Å². The monoisotopic (exact) mass is 424 g/mol. The van der Waals surface area contributed by atoms with E-state index in [1.54, 1.807) is 22.9 Å². The SMILES string of the molecule is O=S(=O)(c1ccc2c(c1)CCCC2)N1CCN(c2cc(-n3ccnc3)ncn2)CC1. The largest absolute Gasteiger partial charge is 0.354 e. The van der Waals surface area contributed by atoms with Crippen molar-refractivity contribution in [2.75, 3.05) is 31.1 Å². The maximum Gasteiger partial charge on any atom is 0.243 e. The van der Waals surface area contributed by atoms with E-state index in [0.29, 0.717) is 31.1 Å². The van der Waals surface area contributed by atoms with Crippen LogP contribution in [0.4, 0.5) is 5.82 Å². The minimum Gasteiger partial charge on any atom is -0.354 e. The van der Waals surface area contributed by atoms with Gasteiger partial charge < -0.3 is 4.90 Å². The number of aromatic nitrogens is 4. The second-order valence-electron chi connectivity index (χ2n) is 7.73. The number of hydrogen-bond acceptors (Lipinski definition) is 6. The van der Waals surface area contributed by atoms with Crippen LogP contribution in [-0.2, 0) is 22.9 Å². The maximum atomic E-state index is 13.2. The van der Waals surface area contributed by atoms with Gasteiger partial charge in [0.15, 0.2) is 0 Å². The first-order valence-corrected chi connectivity index (χ1v) is 11.7. The van der Waals surface area contributed by atoms with Crippen LogP contribution in [0.1, 0.15) is 24.0 Å². The van der Waals surface area contributed by atoms with Gasteiger partial charge in [0.05, 0.1) is 4.90 Å². The van der Waals surface area contributed by atoms with E-state index < -0.39 is 10.0 Å². The first-order valence-electron chi connectivity index (χ1n) is 10.3. The molecule has 3 aromatic rings. The molecule has 0 saturated carbocycles. The van der Waals surface area contributed by atoms with E-state index in [4.69, 9.17) is 0 Å². The molecule has 1 fully saturated rings. The first-order chi connectivity index (χ1) is 14.6. The number of sulfonamides is 1. The molecular formula is C21H24N6O2S. The maximum absolute atomic E-state index is 13.2. The van der Waals surface area contributed by atoms with Crippen LogP contribution < -0.4 is 4.90 Å². The van der Waals surface area contributed by atoms with Gasteiger partial charge in [0, 0.05) is 44.6 Å². The zero-order valence-corrected chi connectivity index (χ0v) is 17.5. The fraction of sp³-hybridized carbons (Fsp3) is 0.381. The van der Waals surface area contributed by atoms with E-state index in [1.165, 1.54) is 23.9 Å². The lowest BCUT2D eigenvalue weighted by molar-refractivity contribution is 0.383. The van der Waals surface area contributed by atoms with Gasteiger partial charge in [-0.2, -0.15) is 4.31 Å². The topological polar surface area (TPSA) is 84.2 Å². The summed E-state index contributed by atoms with van der Waals surface area (Å²) < 4.78 is 29.8. The van der Waals surface area contributed by atoms with Crippen LogP contribution in [0.5, 0.6) is 0 Å². The molecule has 2 aliphatic rings. The Balaban J connectivity index is 1.30. The van der Waals surface area contributed by atoms with Gasteiger partial charge in [-0.3, -0.25) is 4.57 Å². The highest BCUT2D eigenvalue weighted by Crippen LogP contribution is 2.26. The third-order valence-corrected chi connectivity index (χ3v) is 7.82. The van der Waals surface area contributed by atoms with Gasteiger partial charge in [-0.15, -0.1) is 0 Å². The van der Waals surface area contributed by atoms with Crippen molar-refractivity contribution < 1.29 is 8.42 Å². The van der Waals surface area contributed by atoms with E-state index in [9.17, 15) is 8.42 Å². The number of rotatable bonds is 4. The second-order valence-corrected chi connectivity index (χ2v) is 9.67. The average molecular weight is 425 g/mol. The molecule has 5 rings (SSSR count). The summed E-state index contributed by atoms with van der Waals surface area (Å²) in [6.07, 6.45) is 11.1. The van der Waals surface area contributed by atoms with Gasteiger partial charge in [0.2, 0.25) is 10.0 Å². The van der Waals surface area contributed by atoms with Crippen molar-refractivity contribution in [3.8, 4) is 5.82 Å². The van der Waals surface area contributed by atoms with Gasteiger partial charge in [0.1, 0.15) is 24.3 Å². The predicted octanol–water partition coefficient (Wildman–Crippen LogP) is 2.05. The first kappa shape index (κ1) is 19.2. The molecule has 0 amide bonds. The number of anilines is 1. The van der Waals surface area contributed by atoms with Gasteiger partial charge in [-0.1, -0.05) is 6.07 Å². The van der Waals surface area contributed by atoms with Crippen molar-refractivity contribution in [3.05, 3.63) is 60.4 Å². The molecule has 1 aromatic carbocycles. The standard InChI is InChI=1S/C21H24N6O2S/c28-30(29,19-6-5-17-3-1-2-4-18(17)13-19)27-11-9-25(10-12-27)20-14-21(24-15-23-20)26-8-7-22-16-26/h5-8,13-16H,1-4,9-12H2. The van der Waals surface area contributed by atoms with Gasteiger partial charge in [-0.05, 0) is 48.9 Å². The Morgan fingerprint density at radius 1 is 0.867 bits per heavy atom. The molecule has 0 bridgehead atoms. The highest BCUT2D eigenvalue weighted by Gasteiger charge is 2.29. The molecule has 0 atom stereocenters. The number of piperazine rings is 1.